The van der Waals surface area contributed by atoms with Crippen LogP contribution in [0.3, 0.4) is 0 Å². The van der Waals surface area contributed by atoms with Crippen molar-refractivity contribution in [2.24, 2.45) is 0 Å². The summed E-state index contributed by atoms with van der Waals surface area (Å²) >= 11 is 3.50. The van der Waals surface area contributed by atoms with Crippen molar-refractivity contribution in [1.82, 2.24) is 0 Å². The Hall–Kier alpha value is -1.17. The van der Waals surface area contributed by atoms with E-state index in [9.17, 15) is 0 Å². The Morgan fingerprint density at radius 3 is 2.54 bits per heavy atom. The summed E-state index contributed by atoms with van der Waals surface area (Å²) in [6.07, 6.45) is 8.94. The van der Waals surface area contributed by atoms with Crippen LogP contribution in [0.5, 0.6) is 0 Å². The summed E-state index contributed by atoms with van der Waals surface area (Å²) in [5.74, 6) is 0. The molecule has 0 N–H and O–H groups in total. The van der Waals surface area contributed by atoms with Crippen molar-refractivity contribution >= 4 is 21.5 Å². The van der Waals surface area contributed by atoms with Gasteiger partial charge in [-0.1, -0.05) is 30.3 Å². The molecule has 1 aliphatic carbocycles. The maximum Gasteiger partial charge on any atom is 0.137 e. The lowest BCUT2D eigenvalue weighted by molar-refractivity contribution is 1.59. The summed E-state index contributed by atoms with van der Waals surface area (Å²) in [4.78, 5) is 0. The number of hydrogen-bond donors (Lipinski definition) is 0. The molecule has 1 aromatic carbocycles. The number of allylic oxidation sites excluding steroid dienone is 6. The monoisotopic (exact) mass is 231 g/mol. The lowest BCUT2D eigenvalue weighted by Crippen LogP contribution is -1.84. The maximum atomic E-state index is 3.50. The van der Waals surface area contributed by atoms with Gasteiger partial charge in [0, 0.05) is 27.6 Å². The van der Waals surface area contributed by atoms with Crippen molar-refractivity contribution in [3.63, 3.8) is 0 Å². The zero-order valence-electron chi connectivity index (χ0n) is 7.00. The van der Waals surface area contributed by atoms with Gasteiger partial charge < -0.3 is 0 Å². The third-order valence-corrected chi connectivity index (χ3v) is 2.55. The summed E-state index contributed by atoms with van der Waals surface area (Å²) in [6, 6.07) is 10.3. The summed E-state index contributed by atoms with van der Waals surface area (Å²) < 4.78 is 1.08. The van der Waals surface area contributed by atoms with Crippen LogP contribution in [0.15, 0.2) is 53.0 Å². The predicted octanol–water partition coefficient (Wildman–Crippen LogP) is 3.72. The summed E-state index contributed by atoms with van der Waals surface area (Å²) in [6.45, 7) is 0. The highest BCUT2D eigenvalue weighted by Crippen LogP contribution is 2.26. The van der Waals surface area contributed by atoms with Crippen LogP contribution in [0.1, 0.15) is 5.56 Å². The molecule has 0 fully saturated rings. The minimum absolute atomic E-state index is 1.08. The normalized spacial score (nSPS) is 14.5. The maximum absolute atomic E-state index is 3.50. The lowest BCUT2D eigenvalue weighted by atomic mass is 10.0. The van der Waals surface area contributed by atoms with Crippen LogP contribution in [0, 0.1) is 6.08 Å². The number of rotatable bonds is 1. The summed E-state index contributed by atoms with van der Waals surface area (Å²) in [5, 5.41) is 0. The van der Waals surface area contributed by atoms with Crippen molar-refractivity contribution in [3.8, 4) is 0 Å². The minimum Gasteiger partial charge on any atom is -0.0622 e. The Morgan fingerprint density at radius 2 is 1.85 bits per heavy atom. The van der Waals surface area contributed by atoms with E-state index < -0.39 is 0 Å². The first-order valence-electron chi connectivity index (χ1n) is 4.09. The van der Waals surface area contributed by atoms with Gasteiger partial charge in [0.15, 0.2) is 0 Å². The average molecular weight is 232 g/mol. The van der Waals surface area contributed by atoms with Gasteiger partial charge in [-0.2, -0.15) is 0 Å². The molecule has 0 nitrogen and oxygen atoms in total. The first kappa shape index (κ1) is 8.43. The van der Waals surface area contributed by atoms with Crippen molar-refractivity contribution in [1.29, 1.82) is 0 Å². The Bertz CT molecular complexity index is 383. The topological polar surface area (TPSA) is 0 Å². The van der Waals surface area contributed by atoms with Gasteiger partial charge in [-0.05, 0) is 0 Å². The minimum atomic E-state index is 1.08. The Labute approximate surface area is 86.4 Å². The molecule has 0 spiro atoms. The number of hydrogen-bond acceptors (Lipinski definition) is 0. The van der Waals surface area contributed by atoms with Crippen LogP contribution in [0.4, 0.5) is 0 Å². The third-order valence-electron chi connectivity index (χ3n) is 1.90. The molecule has 1 aromatic rings. The SMILES string of the molecule is BrC1=C(c2ccccc2)C=C[C+]=C1. The van der Waals surface area contributed by atoms with E-state index in [1.807, 2.05) is 30.4 Å². The van der Waals surface area contributed by atoms with Crippen LogP contribution < -0.4 is 0 Å². The molecule has 2 rings (SSSR count). The van der Waals surface area contributed by atoms with Gasteiger partial charge in [0.1, 0.15) is 22.2 Å². The van der Waals surface area contributed by atoms with Crippen LogP contribution in [-0.2, 0) is 0 Å². The second kappa shape index (κ2) is 3.69. The van der Waals surface area contributed by atoms with Crippen LogP contribution in [-0.4, -0.2) is 0 Å². The molecule has 13 heavy (non-hydrogen) atoms. The Kier molecular flexibility index (Phi) is 2.40. The van der Waals surface area contributed by atoms with Crippen LogP contribution >= 0.6 is 15.9 Å². The van der Waals surface area contributed by atoms with E-state index >= 15 is 0 Å². The van der Waals surface area contributed by atoms with Crippen LogP contribution in [0.25, 0.3) is 5.57 Å². The highest BCUT2D eigenvalue weighted by molar-refractivity contribution is 9.12. The third kappa shape index (κ3) is 1.77. The molecule has 1 heteroatoms. The fourth-order valence-electron chi connectivity index (χ4n) is 1.26. The molecule has 0 bridgehead atoms. The fourth-order valence-corrected chi connectivity index (χ4v) is 1.76. The molecule has 0 atom stereocenters. The standard InChI is InChI=1S/C12H8Br/c13-12-9-5-4-8-11(12)10-6-2-1-3-7-10/h1-4,6-9H/q+1. The van der Waals surface area contributed by atoms with E-state index in [2.05, 4.69) is 40.2 Å². The molecule has 0 amide bonds. The van der Waals surface area contributed by atoms with Crippen molar-refractivity contribution < 1.29 is 0 Å². The molecule has 0 saturated heterocycles. The van der Waals surface area contributed by atoms with Gasteiger partial charge in [-0.3, -0.25) is 0 Å². The van der Waals surface area contributed by atoms with E-state index in [0.717, 1.165) is 4.48 Å². The zero-order valence-corrected chi connectivity index (χ0v) is 8.58. The van der Waals surface area contributed by atoms with E-state index in [1.54, 1.807) is 0 Å². The highest BCUT2D eigenvalue weighted by Gasteiger charge is 2.11. The Morgan fingerprint density at radius 1 is 1.08 bits per heavy atom. The van der Waals surface area contributed by atoms with Crippen LogP contribution in [0.2, 0.25) is 0 Å². The fraction of sp³-hybridized carbons (Fsp3) is 0. The summed E-state index contributed by atoms with van der Waals surface area (Å²) in [5.41, 5.74) is 2.43. The second-order valence-electron chi connectivity index (χ2n) is 2.77. The number of halogens is 1. The summed E-state index contributed by atoms with van der Waals surface area (Å²) in [7, 11) is 0. The molecular formula is C12H8Br+. The average Bonchev–Trinajstić information content (AvgIpc) is 2.20. The molecule has 0 saturated carbocycles. The molecule has 0 aromatic heterocycles. The number of benzene rings is 1. The first-order chi connectivity index (χ1) is 6.38. The first-order valence-corrected chi connectivity index (χ1v) is 4.88. The molecule has 1 aliphatic rings. The van der Waals surface area contributed by atoms with E-state index in [4.69, 9.17) is 0 Å². The quantitative estimate of drug-likeness (QED) is 0.647. The van der Waals surface area contributed by atoms with E-state index in [-0.39, 0.29) is 0 Å². The second-order valence-corrected chi connectivity index (χ2v) is 3.63. The van der Waals surface area contributed by atoms with E-state index in [0.29, 0.717) is 0 Å². The largest absolute Gasteiger partial charge is 0.137 e. The van der Waals surface area contributed by atoms with Gasteiger partial charge in [-0.25, -0.2) is 0 Å². The van der Waals surface area contributed by atoms with Crippen molar-refractivity contribution in [2.45, 2.75) is 0 Å². The molecule has 0 aliphatic heterocycles. The predicted molar refractivity (Wildman–Crippen MR) is 59.2 cm³/mol. The van der Waals surface area contributed by atoms with Crippen molar-refractivity contribution in [3.05, 3.63) is 64.7 Å². The molecular weight excluding hydrogens is 224 g/mol. The molecule has 0 heterocycles. The van der Waals surface area contributed by atoms with Gasteiger partial charge in [0.2, 0.25) is 0 Å². The van der Waals surface area contributed by atoms with Gasteiger partial charge in [-0.15, -0.1) is 0 Å². The lowest BCUT2D eigenvalue weighted by Gasteiger charge is -1.98. The van der Waals surface area contributed by atoms with Gasteiger partial charge in [0.05, 0.1) is 6.08 Å². The molecule has 0 radical (unpaired) electrons. The molecule has 0 unspecified atom stereocenters. The molecule has 62 valence electrons. The Balaban J connectivity index is 2.48. The zero-order chi connectivity index (χ0) is 9.10. The van der Waals surface area contributed by atoms with E-state index in [1.165, 1.54) is 11.1 Å². The van der Waals surface area contributed by atoms with Gasteiger partial charge in [0.25, 0.3) is 0 Å². The van der Waals surface area contributed by atoms with Crippen molar-refractivity contribution in [2.75, 3.05) is 0 Å². The van der Waals surface area contributed by atoms with Gasteiger partial charge >= 0.3 is 0 Å². The smallest absolute Gasteiger partial charge is 0.0622 e. The highest BCUT2D eigenvalue weighted by atomic mass is 79.9.